The van der Waals surface area contributed by atoms with Gasteiger partial charge in [-0.2, -0.15) is 0 Å². The first-order valence-electron chi connectivity index (χ1n) is 19.5. The van der Waals surface area contributed by atoms with Crippen molar-refractivity contribution in [2.75, 3.05) is 36.5 Å². The van der Waals surface area contributed by atoms with Crippen LogP contribution in [0, 0.1) is 0 Å². The van der Waals surface area contributed by atoms with Crippen LogP contribution in [0.1, 0.15) is 168 Å². The molecule has 0 aliphatic heterocycles. The Hall–Kier alpha value is -2.16. The highest BCUT2D eigenvalue weighted by molar-refractivity contribution is 5.58. The molecule has 2 rings (SSSR count). The molecular formula is C42H72N2O. The van der Waals surface area contributed by atoms with E-state index >= 15 is 0 Å². The van der Waals surface area contributed by atoms with Gasteiger partial charge in [0.05, 0.1) is 5.69 Å². The van der Waals surface area contributed by atoms with Gasteiger partial charge < -0.3 is 14.5 Å². The third-order valence-electron chi connectivity index (χ3n) is 9.40. The van der Waals surface area contributed by atoms with Gasteiger partial charge in [0.2, 0.25) is 0 Å². The summed E-state index contributed by atoms with van der Waals surface area (Å²) in [5.74, 6) is 0.997. The number of para-hydroxylation sites is 3. The number of anilines is 2. The third kappa shape index (κ3) is 17.9. The van der Waals surface area contributed by atoms with Crippen LogP contribution >= 0.6 is 0 Å². The van der Waals surface area contributed by atoms with Crippen LogP contribution < -0.4 is 14.5 Å². The van der Waals surface area contributed by atoms with Crippen molar-refractivity contribution in [3.8, 4) is 5.75 Å². The van der Waals surface area contributed by atoms with Crippen LogP contribution in [-0.4, -0.2) is 26.7 Å². The van der Waals surface area contributed by atoms with Crippen LogP contribution in [0.25, 0.3) is 0 Å². The molecule has 0 heterocycles. The molecular weight excluding hydrogens is 548 g/mol. The second-order valence-corrected chi connectivity index (χ2v) is 13.5. The Kier molecular flexibility index (Phi) is 23.4. The van der Waals surface area contributed by atoms with Crippen molar-refractivity contribution >= 4 is 11.4 Å². The highest BCUT2D eigenvalue weighted by Gasteiger charge is 2.13. The zero-order valence-electron chi connectivity index (χ0n) is 30.3. The lowest BCUT2D eigenvalue weighted by Gasteiger charge is -2.28. The Morgan fingerprint density at radius 3 is 1.42 bits per heavy atom. The van der Waals surface area contributed by atoms with Crippen molar-refractivity contribution in [2.45, 2.75) is 169 Å². The van der Waals surface area contributed by atoms with Crippen molar-refractivity contribution in [1.29, 1.82) is 0 Å². The first-order valence-corrected chi connectivity index (χ1v) is 19.5. The molecule has 0 bridgehead atoms. The summed E-state index contributed by atoms with van der Waals surface area (Å²) in [5.41, 5.74) is 3.87. The average molecular weight is 621 g/mol. The predicted octanol–water partition coefficient (Wildman–Crippen LogP) is 13.2. The van der Waals surface area contributed by atoms with Crippen LogP contribution in [0.3, 0.4) is 0 Å². The summed E-state index contributed by atoms with van der Waals surface area (Å²) in [5, 5.41) is 0. The predicted molar refractivity (Wildman–Crippen MR) is 201 cm³/mol. The van der Waals surface area contributed by atoms with Gasteiger partial charge in [-0.3, -0.25) is 0 Å². The molecule has 0 saturated heterocycles. The first-order chi connectivity index (χ1) is 22.2. The molecule has 0 amide bonds. The maximum Gasteiger partial charge on any atom is 0.143 e. The Labute approximate surface area is 280 Å². The average Bonchev–Trinajstić information content (AvgIpc) is 3.07. The molecule has 0 aliphatic carbocycles. The van der Waals surface area contributed by atoms with Gasteiger partial charge in [-0.25, -0.2) is 0 Å². The van der Waals surface area contributed by atoms with Crippen LogP contribution in [0.4, 0.5) is 11.4 Å². The van der Waals surface area contributed by atoms with Gasteiger partial charge in [0.1, 0.15) is 12.4 Å². The Bertz CT molecular complexity index is 944. The number of nitrogens with zero attached hydrogens (tertiary/aromatic N) is 2. The summed E-state index contributed by atoms with van der Waals surface area (Å²) < 4.78 is 6.58. The van der Waals surface area contributed by atoms with Gasteiger partial charge in [0.15, 0.2) is 0 Å². The fraction of sp³-hybridized carbons (Fsp3) is 0.714. The lowest BCUT2D eigenvalue weighted by molar-refractivity contribution is 0.306. The molecule has 0 aromatic heterocycles. The van der Waals surface area contributed by atoms with Crippen LogP contribution in [0.5, 0.6) is 5.75 Å². The molecule has 3 heteroatoms. The van der Waals surface area contributed by atoms with E-state index < -0.39 is 0 Å². The number of unbranched alkanes of at least 4 members (excludes halogenated alkanes) is 19. The molecule has 2 aromatic rings. The quantitative estimate of drug-likeness (QED) is 0.0808. The van der Waals surface area contributed by atoms with Gasteiger partial charge in [0, 0.05) is 37.9 Å². The standard InChI is InChI=1S/C42H72N2O/c1-5-8-11-13-15-17-19-21-23-29-35-43(4)41-33-27-28-34-42(41)45-38-39-31-25-26-32-40(39)44(36-10-7-3)37-30-24-22-20-18-16-14-12-9-6-2/h25-28,31-34H,5-24,29-30,35-38H2,1-4H3. The van der Waals surface area contributed by atoms with Crippen molar-refractivity contribution in [2.24, 2.45) is 0 Å². The fourth-order valence-electron chi connectivity index (χ4n) is 6.44. The minimum Gasteiger partial charge on any atom is -0.487 e. The van der Waals surface area contributed by atoms with E-state index in [1.165, 1.54) is 158 Å². The number of hydrogen-bond donors (Lipinski definition) is 0. The Morgan fingerprint density at radius 1 is 0.444 bits per heavy atom. The van der Waals surface area contributed by atoms with Crippen LogP contribution in [0.2, 0.25) is 0 Å². The molecule has 2 aromatic carbocycles. The summed E-state index contributed by atoms with van der Waals surface area (Å²) in [6.45, 7) is 10.9. The van der Waals surface area contributed by atoms with Crippen molar-refractivity contribution < 1.29 is 4.74 Å². The van der Waals surface area contributed by atoms with E-state index in [0.29, 0.717) is 6.61 Å². The second kappa shape index (κ2) is 27.0. The molecule has 0 radical (unpaired) electrons. The molecule has 0 N–H and O–H groups in total. The van der Waals surface area contributed by atoms with E-state index in [0.717, 1.165) is 25.4 Å². The van der Waals surface area contributed by atoms with Crippen molar-refractivity contribution in [1.82, 2.24) is 0 Å². The topological polar surface area (TPSA) is 15.7 Å². The normalized spacial score (nSPS) is 11.2. The van der Waals surface area contributed by atoms with E-state index in [1.54, 1.807) is 0 Å². The van der Waals surface area contributed by atoms with Gasteiger partial charge >= 0.3 is 0 Å². The smallest absolute Gasteiger partial charge is 0.143 e. The molecule has 0 unspecified atom stereocenters. The van der Waals surface area contributed by atoms with E-state index in [-0.39, 0.29) is 0 Å². The number of rotatable bonds is 30. The summed E-state index contributed by atoms with van der Waals surface area (Å²) in [7, 11) is 2.23. The molecule has 45 heavy (non-hydrogen) atoms. The molecule has 0 atom stereocenters. The minimum atomic E-state index is 0.611. The van der Waals surface area contributed by atoms with E-state index in [9.17, 15) is 0 Å². The van der Waals surface area contributed by atoms with Crippen molar-refractivity contribution in [3.63, 3.8) is 0 Å². The molecule has 0 saturated carbocycles. The second-order valence-electron chi connectivity index (χ2n) is 13.5. The number of benzene rings is 2. The fourth-order valence-corrected chi connectivity index (χ4v) is 6.44. The van der Waals surface area contributed by atoms with Gasteiger partial charge in [-0.15, -0.1) is 0 Å². The Morgan fingerprint density at radius 2 is 0.867 bits per heavy atom. The highest BCUT2D eigenvalue weighted by atomic mass is 16.5. The summed E-state index contributed by atoms with van der Waals surface area (Å²) in [6, 6.07) is 17.6. The molecule has 0 spiro atoms. The molecule has 0 fully saturated rings. The van der Waals surface area contributed by atoms with Gasteiger partial charge in [0.25, 0.3) is 0 Å². The first kappa shape index (κ1) is 39.0. The number of hydrogen-bond acceptors (Lipinski definition) is 3. The van der Waals surface area contributed by atoms with Gasteiger partial charge in [-0.1, -0.05) is 173 Å². The monoisotopic (exact) mass is 621 g/mol. The third-order valence-corrected chi connectivity index (χ3v) is 9.40. The summed E-state index contributed by atoms with van der Waals surface area (Å²) in [6.07, 6.45) is 30.0. The number of ether oxygens (including phenoxy) is 1. The zero-order chi connectivity index (χ0) is 32.2. The Balaban J connectivity index is 1.82. The largest absolute Gasteiger partial charge is 0.487 e. The van der Waals surface area contributed by atoms with Crippen LogP contribution in [-0.2, 0) is 6.61 Å². The lowest BCUT2D eigenvalue weighted by Crippen LogP contribution is -2.27. The zero-order valence-corrected chi connectivity index (χ0v) is 30.3. The summed E-state index contributed by atoms with van der Waals surface area (Å²) in [4.78, 5) is 5.03. The highest BCUT2D eigenvalue weighted by Crippen LogP contribution is 2.30. The van der Waals surface area contributed by atoms with E-state index in [1.807, 2.05) is 0 Å². The molecule has 3 nitrogen and oxygen atoms in total. The lowest BCUT2D eigenvalue weighted by atomic mass is 10.1. The van der Waals surface area contributed by atoms with Crippen molar-refractivity contribution in [3.05, 3.63) is 54.1 Å². The SMILES string of the molecule is CCCCCCCCCCCCN(C)c1ccccc1OCc1ccccc1N(CCCC)CCCCCCCCCCCC. The minimum absolute atomic E-state index is 0.611. The maximum atomic E-state index is 6.58. The van der Waals surface area contributed by atoms with E-state index in [4.69, 9.17) is 4.74 Å². The molecule has 0 aliphatic rings. The van der Waals surface area contributed by atoms with Crippen LogP contribution in [0.15, 0.2) is 48.5 Å². The van der Waals surface area contributed by atoms with Gasteiger partial charge in [-0.05, 0) is 37.5 Å². The summed E-state index contributed by atoms with van der Waals surface area (Å²) >= 11 is 0. The maximum absolute atomic E-state index is 6.58. The molecule has 256 valence electrons. The van der Waals surface area contributed by atoms with E-state index in [2.05, 4.69) is 86.1 Å².